The maximum Gasteiger partial charge on any atom is 0.0207 e. The SMILES string of the molecule is CC(C)CCCCCNO. The van der Waals surface area contributed by atoms with E-state index in [0.717, 1.165) is 18.9 Å². The highest BCUT2D eigenvalue weighted by atomic mass is 16.5. The molecule has 0 aromatic rings. The average molecular weight is 145 g/mol. The summed E-state index contributed by atoms with van der Waals surface area (Å²) in [5, 5.41) is 8.22. The van der Waals surface area contributed by atoms with Crippen molar-refractivity contribution in [1.82, 2.24) is 5.48 Å². The largest absolute Gasteiger partial charge is 0.317 e. The van der Waals surface area contributed by atoms with E-state index in [9.17, 15) is 0 Å². The number of hydroxylamine groups is 1. The van der Waals surface area contributed by atoms with E-state index in [0.29, 0.717) is 0 Å². The third-order valence-corrected chi connectivity index (χ3v) is 1.57. The second-order valence-electron chi connectivity index (χ2n) is 3.15. The number of hydrogen-bond donors (Lipinski definition) is 2. The van der Waals surface area contributed by atoms with Gasteiger partial charge in [0, 0.05) is 6.54 Å². The maximum atomic E-state index is 8.22. The predicted octanol–water partition coefficient (Wildman–Crippen LogP) is 2.18. The fourth-order valence-corrected chi connectivity index (χ4v) is 0.933. The van der Waals surface area contributed by atoms with Crippen LogP contribution in [0.1, 0.15) is 39.5 Å². The van der Waals surface area contributed by atoms with Gasteiger partial charge >= 0.3 is 0 Å². The van der Waals surface area contributed by atoms with Gasteiger partial charge in [-0.1, -0.05) is 33.1 Å². The molecule has 0 saturated heterocycles. The molecule has 0 fully saturated rings. The molecule has 0 spiro atoms. The fraction of sp³-hybridized carbons (Fsp3) is 1.00. The molecular formula is C8H19NO. The van der Waals surface area contributed by atoms with Gasteiger partial charge in [-0.15, -0.1) is 0 Å². The second kappa shape index (κ2) is 7.03. The van der Waals surface area contributed by atoms with E-state index in [4.69, 9.17) is 5.21 Å². The van der Waals surface area contributed by atoms with Crippen LogP contribution in [0.5, 0.6) is 0 Å². The van der Waals surface area contributed by atoms with Gasteiger partial charge in [0.15, 0.2) is 0 Å². The van der Waals surface area contributed by atoms with Gasteiger partial charge in [-0.25, -0.2) is 5.48 Å². The molecule has 0 radical (unpaired) electrons. The highest BCUT2D eigenvalue weighted by molar-refractivity contribution is 4.47. The molecule has 0 amide bonds. The first-order valence-corrected chi connectivity index (χ1v) is 4.14. The molecule has 62 valence electrons. The molecule has 10 heavy (non-hydrogen) atoms. The summed E-state index contributed by atoms with van der Waals surface area (Å²) in [6.07, 6.45) is 4.92. The number of nitrogens with one attached hydrogen (secondary N) is 1. The summed E-state index contributed by atoms with van der Waals surface area (Å²) in [4.78, 5) is 0. The topological polar surface area (TPSA) is 32.3 Å². The van der Waals surface area contributed by atoms with E-state index in [1.54, 1.807) is 0 Å². The van der Waals surface area contributed by atoms with E-state index < -0.39 is 0 Å². The first-order valence-electron chi connectivity index (χ1n) is 4.14. The van der Waals surface area contributed by atoms with Crippen LogP contribution >= 0.6 is 0 Å². The van der Waals surface area contributed by atoms with Gasteiger partial charge in [-0.2, -0.15) is 0 Å². The van der Waals surface area contributed by atoms with Crippen molar-refractivity contribution < 1.29 is 5.21 Å². The third kappa shape index (κ3) is 7.92. The first kappa shape index (κ1) is 9.92. The van der Waals surface area contributed by atoms with Crippen molar-refractivity contribution in [3.63, 3.8) is 0 Å². The van der Waals surface area contributed by atoms with Gasteiger partial charge in [-0.05, 0) is 12.3 Å². The summed E-state index contributed by atoms with van der Waals surface area (Å²) in [5.74, 6) is 0.821. The van der Waals surface area contributed by atoms with Gasteiger partial charge in [-0.3, -0.25) is 0 Å². The minimum atomic E-state index is 0.734. The normalized spacial score (nSPS) is 10.8. The Bertz CT molecular complexity index is 64.3. The molecule has 0 aliphatic heterocycles. The highest BCUT2D eigenvalue weighted by Gasteiger charge is 1.92. The third-order valence-electron chi connectivity index (χ3n) is 1.57. The van der Waals surface area contributed by atoms with Crippen molar-refractivity contribution in [2.45, 2.75) is 39.5 Å². The van der Waals surface area contributed by atoms with Crippen LogP contribution in [0.2, 0.25) is 0 Å². The van der Waals surface area contributed by atoms with Gasteiger partial charge in [0.25, 0.3) is 0 Å². The molecule has 0 saturated carbocycles. The minimum Gasteiger partial charge on any atom is -0.317 e. The van der Waals surface area contributed by atoms with E-state index in [-0.39, 0.29) is 0 Å². The summed E-state index contributed by atoms with van der Waals surface area (Å²) in [6.45, 7) is 5.21. The highest BCUT2D eigenvalue weighted by Crippen LogP contribution is 2.06. The molecule has 0 aliphatic rings. The van der Waals surface area contributed by atoms with Gasteiger partial charge in [0.1, 0.15) is 0 Å². The van der Waals surface area contributed by atoms with Crippen molar-refractivity contribution in [3.05, 3.63) is 0 Å². The number of hydrogen-bond acceptors (Lipinski definition) is 2. The number of rotatable bonds is 6. The standard InChI is InChI=1S/C8H19NO/c1-8(2)6-4-3-5-7-9-10/h8-10H,3-7H2,1-2H3. The lowest BCUT2D eigenvalue weighted by Gasteiger charge is -2.02. The molecule has 2 N–H and O–H groups in total. The zero-order chi connectivity index (χ0) is 7.82. The Balaban J connectivity index is 2.77. The molecule has 0 aliphatic carbocycles. The van der Waals surface area contributed by atoms with Crippen molar-refractivity contribution in [2.75, 3.05) is 6.54 Å². The van der Waals surface area contributed by atoms with Crippen LogP contribution in [0.15, 0.2) is 0 Å². The predicted molar refractivity (Wildman–Crippen MR) is 43.1 cm³/mol. The van der Waals surface area contributed by atoms with Gasteiger partial charge < -0.3 is 5.21 Å². The van der Waals surface area contributed by atoms with Gasteiger partial charge in [0.2, 0.25) is 0 Å². The summed E-state index contributed by atoms with van der Waals surface area (Å²) < 4.78 is 0. The minimum absolute atomic E-state index is 0.734. The fourth-order valence-electron chi connectivity index (χ4n) is 0.933. The molecule has 0 aromatic heterocycles. The van der Waals surface area contributed by atoms with Crippen LogP contribution in [0.4, 0.5) is 0 Å². The van der Waals surface area contributed by atoms with E-state index in [1.807, 2.05) is 0 Å². The van der Waals surface area contributed by atoms with E-state index in [1.165, 1.54) is 19.3 Å². The number of unbranched alkanes of at least 4 members (excludes halogenated alkanes) is 2. The Labute approximate surface area is 63.6 Å². The van der Waals surface area contributed by atoms with E-state index in [2.05, 4.69) is 19.3 Å². The van der Waals surface area contributed by atoms with E-state index >= 15 is 0 Å². The first-order chi connectivity index (χ1) is 4.77. The molecular weight excluding hydrogens is 126 g/mol. The zero-order valence-corrected chi connectivity index (χ0v) is 7.06. The monoisotopic (exact) mass is 145 g/mol. The van der Waals surface area contributed by atoms with Crippen molar-refractivity contribution in [2.24, 2.45) is 5.92 Å². The Morgan fingerprint density at radius 2 is 1.90 bits per heavy atom. The lowest BCUT2D eigenvalue weighted by atomic mass is 10.1. The van der Waals surface area contributed by atoms with Crippen molar-refractivity contribution in [1.29, 1.82) is 0 Å². The van der Waals surface area contributed by atoms with Crippen LogP contribution in [0.25, 0.3) is 0 Å². The molecule has 2 nitrogen and oxygen atoms in total. The van der Waals surface area contributed by atoms with Crippen LogP contribution in [0.3, 0.4) is 0 Å². The Morgan fingerprint density at radius 3 is 2.40 bits per heavy atom. The molecule has 0 unspecified atom stereocenters. The van der Waals surface area contributed by atoms with Crippen LogP contribution < -0.4 is 5.48 Å². The Kier molecular flexibility index (Phi) is 6.98. The molecule has 2 heteroatoms. The Hall–Kier alpha value is -0.0800. The average Bonchev–Trinajstić information content (AvgIpc) is 1.87. The molecule has 0 atom stereocenters. The smallest absolute Gasteiger partial charge is 0.0207 e. The molecule has 0 heterocycles. The maximum absolute atomic E-state index is 8.22. The van der Waals surface area contributed by atoms with Crippen molar-refractivity contribution >= 4 is 0 Å². The zero-order valence-electron chi connectivity index (χ0n) is 7.06. The van der Waals surface area contributed by atoms with Gasteiger partial charge in [0.05, 0.1) is 0 Å². The Morgan fingerprint density at radius 1 is 1.20 bits per heavy atom. The molecule has 0 aromatic carbocycles. The summed E-state index contributed by atoms with van der Waals surface area (Å²) in [6, 6.07) is 0. The quantitative estimate of drug-likeness (QED) is 0.443. The lowest BCUT2D eigenvalue weighted by Crippen LogP contribution is -2.08. The van der Waals surface area contributed by atoms with Crippen LogP contribution in [0, 0.1) is 5.92 Å². The second-order valence-corrected chi connectivity index (χ2v) is 3.15. The molecule has 0 rings (SSSR count). The molecule has 0 bridgehead atoms. The lowest BCUT2D eigenvalue weighted by molar-refractivity contribution is 0.164. The summed E-state index contributed by atoms with van der Waals surface area (Å²) >= 11 is 0. The van der Waals surface area contributed by atoms with Crippen LogP contribution in [-0.4, -0.2) is 11.8 Å². The summed E-state index contributed by atoms with van der Waals surface area (Å²) in [5.41, 5.74) is 2.16. The van der Waals surface area contributed by atoms with Crippen molar-refractivity contribution in [3.8, 4) is 0 Å². The van der Waals surface area contributed by atoms with Crippen LogP contribution in [-0.2, 0) is 0 Å². The summed E-state index contributed by atoms with van der Waals surface area (Å²) in [7, 11) is 0.